The van der Waals surface area contributed by atoms with Crippen LogP contribution in [0.1, 0.15) is 32.6 Å². The fraction of sp³-hybridized carbons (Fsp3) is 1.00. The molecule has 0 aromatic carbocycles. The van der Waals surface area contributed by atoms with Crippen molar-refractivity contribution in [1.82, 2.24) is 0 Å². The second-order valence-electron chi connectivity index (χ2n) is 5.22. The third-order valence-corrected chi connectivity index (χ3v) is 4.98. The lowest BCUT2D eigenvalue weighted by Crippen LogP contribution is -2.55. The van der Waals surface area contributed by atoms with E-state index in [-0.39, 0.29) is 5.41 Å². The van der Waals surface area contributed by atoms with Gasteiger partial charge in [0.25, 0.3) is 0 Å². The van der Waals surface area contributed by atoms with Crippen LogP contribution in [0.2, 0.25) is 0 Å². The fourth-order valence-corrected chi connectivity index (χ4v) is 4.43. The molecule has 1 heterocycles. The molecule has 3 heteroatoms. The third kappa shape index (κ3) is 1.81. The van der Waals surface area contributed by atoms with Gasteiger partial charge in [-0.15, -0.1) is 0 Å². The largest absolute Gasteiger partial charge is 0.330 e. The first-order valence-corrected chi connectivity index (χ1v) is 6.70. The molecule has 0 amide bonds. The normalized spacial score (nSPS) is 44.8. The van der Waals surface area contributed by atoms with Crippen LogP contribution in [-0.4, -0.2) is 23.7 Å². The number of alkyl halides is 1. The van der Waals surface area contributed by atoms with Crippen LogP contribution in [0.4, 0.5) is 4.39 Å². The summed E-state index contributed by atoms with van der Waals surface area (Å²) in [7, 11) is 0. The molecule has 1 saturated heterocycles. The lowest BCUT2D eigenvalue weighted by molar-refractivity contribution is -0.0878. The summed E-state index contributed by atoms with van der Waals surface area (Å²) in [6.45, 7) is 2.40. The number of hydrogen-bond acceptors (Lipinski definition) is 2. The fourth-order valence-electron chi connectivity index (χ4n) is 3.33. The molecule has 0 unspecified atom stereocenters. The number of hydrogen-bond donors (Lipinski definition) is 1. The minimum Gasteiger partial charge on any atom is -0.330 e. The molecule has 0 aromatic heterocycles. The number of thioether (sulfide) groups is 1. The highest BCUT2D eigenvalue weighted by Gasteiger charge is 2.55. The number of nitrogens with two attached hydrogens (primary N) is 1. The van der Waals surface area contributed by atoms with Crippen molar-refractivity contribution in [3.8, 4) is 0 Å². The molecule has 1 nitrogen and oxygen atoms in total. The molecule has 0 aromatic rings. The highest BCUT2D eigenvalue weighted by Crippen LogP contribution is 2.57. The van der Waals surface area contributed by atoms with Gasteiger partial charge in [0.2, 0.25) is 0 Å². The average molecular weight is 217 g/mol. The van der Waals surface area contributed by atoms with E-state index in [1.807, 2.05) is 11.8 Å². The molecule has 0 atom stereocenters. The maximum atomic E-state index is 13.6. The summed E-state index contributed by atoms with van der Waals surface area (Å²) < 4.78 is 13.6. The van der Waals surface area contributed by atoms with E-state index in [0.717, 1.165) is 0 Å². The maximum absolute atomic E-state index is 13.6. The quantitative estimate of drug-likeness (QED) is 0.769. The SMILES string of the molecule is CC1(F)CC(CN)(C2CCSCC2)C1. The Bertz CT molecular complexity index is 203. The third-order valence-electron chi connectivity index (χ3n) is 3.94. The summed E-state index contributed by atoms with van der Waals surface area (Å²) >= 11 is 2.03. The van der Waals surface area contributed by atoms with E-state index in [0.29, 0.717) is 25.3 Å². The Kier molecular flexibility index (Phi) is 2.82. The molecule has 2 aliphatic rings. The van der Waals surface area contributed by atoms with Crippen molar-refractivity contribution in [2.45, 2.75) is 38.3 Å². The van der Waals surface area contributed by atoms with Gasteiger partial charge in [-0.25, -0.2) is 4.39 Å². The van der Waals surface area contributed by atoms with Gasteiger partial charge in [0.05, 0.1) is 0 Å². The summed E-state index contributed by atoms with van der Waals surface area (Å²) in [5.74, 6) is 3.18. The Hall–Kier alpha value is 0.240. The van der Waals surface area contributed by atoms with Crippen LogP contribution >= 0.6 is 11.8 Å². The maximum Gasteiger partial charge on any atom is 0.109 e. The van der Waals surface area contributed by atoms with Gasteiger partial charge in [-0.05, 0) is 62.0 Å². The first kappa shape index (κ1) is 10.7. The minimum absolute atomic E-state index is 0.157. The topological polar surface area (TPSA) is 26.0 Å². The van der Waals surface area contributed by atoms with Crippen LogP contribution in [0.25, 0.3) is 0 Å². The Balaban J connectivity index is 1.99. The van der Waals surface area contributed by atoms with Crippen LogP contribution in [0.3, 0.4) is 0 Å². The molecule has 0 bridgehead atoms. The zero-order valence-corrected chi connectivity index (χ0v) is 9.71. The monoisotopic (exact) mass is 217 g/mol. The van der Waals surface area contributed by atoms with Gasteiger partial charge in [0.1, 0.15) is 5.67 Å². The molecular weight excluding hydrogens is 197 g/mol. The average Bonchev–Trinajstić information content (AvgIpc) is 2.15. The van der Waals surface area contributed by atoms with Crippen LogP contribution in [0.15, 0.2) is 0 Å². The molecule has 2 N–H and O–H groups in total. The van der Waals surface area contributed by atoms with Crippen molar-refractivity contribution < 1.29 is 4.39 Å². The molecule has 14 heavy (non-hydrogen) atoms. The molecule has 0 radical (unpaired) electrons. The van der Waals surface area contributed by atoms with Gasteiger partial charge in [-0.1, -0.05) is 0 Å². The van der Waals surface area contributed by atoms with E-state index in [9.17, 15) is 4.39 Å². The molecule has 1 saturated carbocycles. The lowest BCUT2D eigenvalue weighted by Gasteiger charge is -2.55. The predicted molar refractivity (Wildman–Crippen MR) is 60.3 cm³/mol. The predicted octanol–water partition coefficient (Wildman–Crippen LogP) is 2.60. The van der Waals surface area contributed by atoms with Crippen molar-refractivity contribution in [3.63, 3.8) is 0 Å². The lowest BCUT2D eigenvalue weighted by atomic mass is 9.54. The van der Waals surface area contributed by atoms with Gasteiger partial charge >= 0.3 is 0 Å². The summed E-state index contributed by atoms with van der Waals surface area (Å²) in [5.41, 5.74) is 5.08. The van der Waals surface area contributed by atoms with Crippen molar-refractivity contribution >= 4 is 11.8 Å². The van der Waals surface area contributed by atoms with E-state index in [1.165, 1.54) is 24.3 Å². The van der Waals surface area contributed by atoms with Gasteiger partial charge in [-0.3, -0.25) is 0 Å². The number of rotatable bonds is 2. The van der Waals surface area contributed by atoms with E-state index < -0.39 is 5.67 Å². The zero-order chi connectivity index (χ0) is 10.2. The van der Waals surface area contributed by atoms with Crippen molar-refractivity contribution in [2.75, 3.05) is 18.1 Å². The van der Waals surface area contributed by atoms with Crippen molar-refractivity contribution in [1.29, 1.82) is 0 Å². The van der Waals surface area contributed by atoms with Crippen LogP contribution in [0.5, 0.6) is 0 Å². The van der Waals surface area contributed by atoms with Crippen molar-refractivity contribution in [3.05, 3.63) is 0 Å². The summed E-state index contributed by atoms with van der Waals surface area (Å²) in [6.07, 6.45) is 3.90. The standard InChI is InChI=1S/C11H20FNS/c1-10(12)6-11(7-10,8-13)9-2-4-14-5-3-9/h9H,2-8,13H2,1H3. The molecular formula is C11H20FNS. The first-order valence-electron chi connectivity index (χ1n) is 5.55. The van der Waals surface area contributed by atoms with E-state index in [2.05, 4.69) is 0 Å². The molecule has 0 spiro atoms. The number of halogens is 1. The summed E-state index contributed by atoms with van der Waals surface area (Å²) in [4.78, 5) is 0. The smallest absolute Gasteiger partial charge is 0.109 e. The Labute approximate surface area is 90.0 Å². The second kappa shape index (κ2) is 3.67. The van der Waals surface area contributed by atoms with Gasteiger partial charge in [-0.2, -0.15) is 11.8 Å². The second-order valence-corrected chi connectivity index (χ2v) is 6.44. The Morgan fingerprint density at radius 1 is 1.36 bits per heavy atom. The summed E-state index contributed by atoms with van der Waals surface area (Å²) in [5, 5.41) is 0. The van der Waals surface area contributed by atoms with E-state index in [4.69, 9.17) is 5.73 Å². The Morgan fingerprint density at radius 2 is 1.93 bits per heavy atom. The van der Waals surface area contributed by atoms with Crippen LogP contribution < -0.4 is 5.73 Å². The molecule has 1 aliphatic heterocycles. The molecule has 2 fully saturated rings. The molecule has 2 rings (SSSR count). The van der Waals surface area contributed by atoms with Crippen LogP contribution in [-0.2, 0) is 0 Å². The van der Waals surface area contributed by atoms with E-state index in [1.54, 1.807) is 6.92 Å². The zero-order valence-electron chi connectivity index (χ0n) is 8.89. The van der Waals surface area contributed by atoms with Gasteiger partial charge in [0.15, 0.2) is 0 Å². The van der Waals surface area contributed by atoms with Gasteiger partial charge < -0.3 is 5.73 Å². The first-order chi connectivity index (χ1) is 6.58. The van der Waals surface area contributed by atoms with E-state index >= 15 is 0 Å². The van der Waals surface area contributed by atoms with Crippen molar-refractivity contribution in [2.24, 2.45) is 17.1 Å². The van der Waals surface area contributed by atoms with Gasteiger partial charge in [0, 0.05) is 0 Å². The minimum atomic E-state index is -0.927. The Morgan fingerprint density at radius 3 is 2.36 bits per heavy atom. The highest BCUT2D eigenvalue weighted by atomic mass is 32.2. The molecule has 1 aliphatic carbocycles. The molecule has 82 valence electrons. The van der Waals surface area contributed by atoms with Crippen LogP contribution in [0, 0.1) is 11.3 Å². The highest BCUT2D eigenvalue weighted by molar-refractivity contribution is 7.99. The summed E-state index contributed by atoms with van der Waals surface area (Å²) in [6, 6.07) is 0.